The van der Waals surface area contributed by atoms with Gasteiger partial charge in [-0.25, -0.2) is 9.59 Å². The van der Waals surface area contributed by atoms with Gasteiger partial charge in [-0.05, 0) is 71.8 Å². The van der Waals surface area contributed by atoms with Crippen LogP contribution < -0.4 is 0 Å². The van der Waals surface area contributed by atoms with Gasteiger partial charge in [0.15, 0.2) is 0 Å². The van der Waals surface area contributed by atoms with Gasteiger partial charge in [-0.1, -0.05) is 93.3 Å². The van der Waals surface area contributed by atoms with E-state index in [1.165, 1.54) is 0 Å². The molecule has 0 aromatic carbocycles. The highest BCUT2D eigenvalue weighted by molar-refractivity contribution is 6.75. The molecule has 2 amide bonds. The molecular formula is C26H54N2O4Si2. The molecule has 0 aliphatic carbocycles. The van der Waals surface area contributed by atoms with Crippen molar-refractivity contribution in [1.82, 2.24) is 0 Å². The van der Waals surface area contributed by atoms with Crippen LogP contribution in [0.15, 0.2) is 10.2 Å². The minimum absolute atomic E-state index is 0.425. The lowest BCUT2D eigenvalue weighted by Gasteiger charge is -2.34. The molecule has 0 saturated heterocycles. The van der Waals surface area contributed by atoms with E-state index < -0.39 is 28.8 Å². The predicted molar refractivity (Wildman–Crippen MR) is 147 cm³/mol. The maximum Gasteiger partial charge on any atom is 0.439 e. The number of hydrogen-bond donors (Lipinski definition) is 0. The monoisotopic (exact) mass is 514 g/mol. The summed E-state index contributed by atoms with van der Waals surface area (Å²) in [5.74, 6) is 2.55. The summed E-state index contributed by atoms with van der Waals surface area (Å²) in [4.78, 5) is 25.5. The molecule has 0 rings (SSSR count). The number of rotatable bonds is 14. The van der Waals surface area contributed by atoms with Crippen LogP contribution >= 0.6 is 0 Å². The molecule has 0 aromatic rings. The van der Waals surface area contributed by atoms with Crippen molar-refractivity contribution in [3.05, 3.63) is 0 Å². The lowest BCUT2D eigenvalue weighted by atomic mass is 10.2. The van der Waals surface area contributed by atoms with Gasteiger partial charge in [-0.15, -0.1) is 0 Å². The molecule has 200 valence electrons. The summed E-state index contributed by atoms with van der Waals surface area (Å²) in [6, 6.07) is 5.35. The maximum absolute atomic E-state index is 12.8. The molecule has 0 aliphatic heterocycles. The second kappa shape index (κ2) is 15.2. The molecule has 34 heavy (non-hydrogen) atoms. The first-order valence-electron chi connectivity index (χ1n) is 13.4. The molecule has 0 heterocycles. The third-order valence-corrected chi connectivity index (χ3v) is 16.1. The fourth-order valence-electron chi connectivity index (χ4n) is 5.71. The Kier molecular flexibility index (Phi) is 14.7. The van der Waals surface area contributed by atoms with Crippen LogP contribution in [0.1, 0.15) is 83.1 Å². The van der Waals surface area contributed by atoms with Crippen molar-refractivity contribution in [3.63, 3.8) is 0 Å². The summed E-state index contributed by atoms with van der Waals surface area (Å²) in [6.07, 6.45) is -1.48. The van der Waals surface area contributed by atoms with Gasteiger partial charge in [-0.3, -0.25) is 0 Å². The van der Waals surface area contributed by atoms with Gasteiger partial charge in [0, 0.05) is 0 Å². The van der Waals surface area contributed by atoms with E-state index in [2.05, 4.69) is 93.3 Å². The quantitative estimate of drug-likeness (QED) is 0.171. The van der Waals surface area contributed by atoms with Crippen molar-refractivity contribution in [2.45, 2.75) is 119 Å². The fraction of sp³-hybridized carbons (Fsp3) is 0.923. The van der Waals surface area contributed by atoms with Crippen LogP contribution in [0.3, 0.4) is 0 Å². The Morgan fingerprint density at radius 1 is 0.471 bits per heavy atom. The number of azo groups is 1. The third-order valence-electron chi connectivity index (χ3n) is 5.50. The molecular weight excluding hydrogens is 460 g/mol. The van der Waals surface area contributed by atoms with Crippen LogP contribution in [-0.4, -0.2) is 28.8 Å². The zero-order valence-electron chi connectivity index (χ0n) is 24.2. The van der Waals surface area contributed by atoms with Crippen molar-refractivity contribution in [3.8, 4) is 0 Å². The number of nitrogens with zero attached hydrogens (tertiary/aromatic N) is 2. The Morgan fingerprint density at radius 2 is 0.647 bits per heavy atom. The van der Waals surface area contributed by atoms with Crippen LogP contribution in [0.25, 0.3) is 0 Å². The van der Waals surface area contributed by atoms with Gasteiger partial charge in [0.25, 0.3) is 16.6 Å². The summed E-state index contributed by atoms with van der Waals surface area (Å²) in [5.41, 5.74) is 0. The van der Waals surface area contributed by atoms with E-state index in [4.69, 9.17) is 8.85 Å². The Labute approximate surface area is 212 Å². The van der Waals surface area contributed by atoms with Crippen LogP contribution in [0, 0.1) is 35.5 Å². The fourth-order valence-corrected chi connectivity index (χ4v) is 17.0. The number of hydrogen-bond acceptors (Lipinski definition) is 4. The van der Waals surface area contributed by atoms with Crippen molar-refractivity contribution in [2.24, 2.45) is 45.7 Å². The van der Waals surface area contributed by atoms with Crippen molar-refractivity contribution < 1.29 is 18.4 Å². The van der Waals surface area contributed by atoms with Crippen molar-refractivity contribution in [1.29, 1.82) is 0 Å². The lowest BCUT2D eigenvalue weighted by molar-refractivity contribution is 0.195. The second-order valence-electron chi connectivity index (χ2n) is 12.9. The number of carbonyl (C=O) groups excluding carboxylic acids is 2. The number of amides is 2. The van der Waals surface area contributed by atoms with Gasteiger partial charge in [0.1, 0.15) is 0 Å². The van der Waals surface area contributed by atoms with E-state index in [0.29, 0.717) is 35.5 Å². The molecule has 0 radical (unpaired) electrons. The van der Waals surface area contributed by atoms with Crippen LogP contribution in [0.2, 0.25) is 36.3 Å². The van der Waals surface area contributed by atoms with E-state index in [1.54, 1.807) is 0 Å². The van der Waals surface area contributed by atoms with E-state index in [0.717, 1.165) is 36.3 Å². The van der Waals surface area contributed by atoms with E-state index in [1.807, 2.05) is 0 Å². The summed E-state index contributed by atoms with van der Waals surface area (Å²) in [7, 11) is -4.76. The minimum Gasteiger partial charge on any atom is -0.501 e. The van der Waals surface area contributed by atoms with Crippen LogP contribution in [0.5, 0.6) is 0 Å². The van der Waals surface area contributed by atoms with Gasteiger partial charge in [0.2, 0.25) is 0 Å². The van der Waals surface area contributed by atoms with Crippen molar-refractivity contribution >= 4 is 28.8 Å². The molecule has 0 unspecified atom stereocenters. The normalized spacial score (nSPS) is 13.4. The zero-order chi connectivity index (χ0) is 26.7. The molecule has 0 atom stereocenters. The first-order chi connectivity index (χ1) is 15.5. The molecule has 0 aromatic heterocycles. The van der Waals surface area contributed by atoms with Crippen molar-refractivity contribution in [2.75, 3.05) is 0 Å². The third kappa shape index (κ3) is 14.4. The molecule has 0 aliphatic rings. The SMILES string of the molecule is CC(C)C[Si](CC(C)C)(CC(C)C)OC(=O)N=NC(=O)O[Si](CC(C)C)(CC(C)C)CC(C)C. The summed E-state index contributed by atoms with van der Waals surface area (Å²) in [6.45, 7) is 26.0. The average molecular weight is 515 g/mol. The largest absolute Gasteiger partial charge is 0.501 e. The lowest BCUT2D eigenvalue weighted by Crippen LogP contribution is -2.44. The first-order valence-corrected chi connectivity index (χ1v) is 18.4. The Morgan fingerprint density at radius 3 is 0.794 bits per heavy atom. The molecule has 0 spiro atoms. The smallest absolute Gasteiger partial charge is 0.439 e. The molecule has 0 fully saturated rings. The Bertz CT molecular complexity index is 540. The van der Waals surface area contributed by atoms with Crippen LogP contribution in [0.4, 0.5) is 9.59 Å². The second-order valence-corrected chi connectivity index (χ2v) is 20.5. The topological polar surface area (TPSA) is 77.3 Å². The van der Waals surface area contributed by atoms with Gasteiger partial charge in [0.05, 0.1) is 0 Å². The predicted octanol–water partition coefficient (Wildman–Crippen LogP) is 9.54. The standard InChI is InChI=1S/C26H54N2O4Si2/c1-19(2)13-33(14-20(3)4,15-21(5)6)31-25(29)27-28-26(30)32-34(16-22(7)8,17-23(9)10)18-24(11)12/h19-24H,13-18H2,1-12H3. The number of carbonyl (C=O) groups is 2. The highest BCUT2D eigenvalue weighted by Gasteiger charge is 2.42. The highest BCUT2D eigenvalue weighted by atomic mass is 28.4. The maximum atomic E-state index is 12.8. The molecule has 8 heteroatoms. The van der Waals surface area contributed by atoms with Gasteiger partial charge in [-0.2, -0.15) is 0 Å². The average Bonchev–Trinajstić information content (AvgIpc) is 2.55. The van der Waals surface area contributed by atoms with Crippen LogP contribution in [-0.2, 0) is 8.85 Å². The van der Waals surface area contributed by atoms with E-state index in [9.17, 15) is 9.59 Å². The minimum atomic E-state index is -2.38. The highest BCUT2D eigenvalue weighted by Crippen LogP contribution is 2.35. The van der Waals surface area contributed by atoms with Gasteiger partial charge >= 0.3 is 12.2 Å². The van der Waals surface area contributed by atoms with Gasteiger partial charge < -0.3 is 8.85 Å². The molecule has 0 saturated carbocycles. The zero-order valence-corrected chi connectivity index (χ0v) is 26.2. The molecule has 0 N–H and O–H groups in total. The first kappa shape index (κ1) is 33.0. The Balaban J connectivity index is 5.67. The summed E-state index contributed by atoms with van der Waals surface area (Å²) < 4.78 is 12.2. The summed E-state index contributed by atoms with van der Waals surface area (Å²) >= 11 is 0. The molecule has 6 nitrogen and oxygen atoms in total. The van der Waals surface area contributed by atoms with E-state index in [-0.39, 0.29) is 0 Å². The van der Waals surface area contributed by atoms with E-state index >= 15 is 0 Å². The Hall–Kier alpha value is -1.03. The summed E-state index contributed by atoms with van der Waals surface area (Å²) in [5, 5.41) is 7.40. The molecule has 0 bridgehead atoms.